The summed E-state index contributed by atoms with van der Waals surface area (Å²) >= 11 is 0. The number of rotatable bonds is 3. The average Bonchev–Trinajstić information content (AvgIpc) is 2.59. The highest BCUT2D eigenvalue weighted by molar-refractivity contribution is 5.80. The first-order valence-electron chi connectivity index (χ1n) is 4.55. The van der Waals surface area contributed by atoms with Crippen LogP contribution in [0.1, 0.15) is 13.3 Å². The number of hydrogen-bond acceptors (Lipinski definition) is 3. The molecule has 0 spiro atoms. The quantitative estimate of drug-likeness (QED) is 0.583. The maximum atomic E-state index is 11.5. The largest absolute Gasteiger partial charge is 0.394 e. The lowest BCUT2D eigenvalue weighted by molar-refractivity contribution is -0.136. The van der Waals surface area contributed by atoms with Crippen molar-refractivity contribution < 1.29 is 15.0 Å². The molecule has 0 bridgehead atoms. The Morgan fingerprint density at radius 2 is 2.21 bits per heavy atom. The van der Waals surface area contributed by atoms with E-state index in [4.69, 9.17) is 16.6 Å². The Bertz CT molecular complexity index is 265. The molecule has 1 atom stereocenters. The van der Waals surface area contributed by atoms with Crippen molar-refractivity contribution in [1.82, 2.24) is 4.90 Å². The van der Waals surface area contributed by atoms with Crippen molar-refractivity contribution in [2.45, 2.75) is 18.9 Å². The van der Waals surface area contributed by atoms with E-state index in [1.165, 1.54) is 4.90 Å². The summed E-state index contributed by atoms with van der Waals surface area (Å²) in [7, 11) is 0. The minimum Gasteiger partial charge on any atom is -0.394 e. The van der Waals surface area contributed by atoms with Crippen LogP contribution in [0.5, 0.6) is 0 Å². The van der Waals surface area contributed by atoms with Gasteiger partial charge in [0.1, 0.15) is 0 Å². The Kier molecular flexibility index (Phi) is 3.14. The van der Waals surface area contributed by atoms with E-state index in [9.17, 15) is 4.79 Å². The molecule has 1 saturated heterocycles. The van der Waals surface area contributed by atoms with Crippen LogP contribution in [-0.4, -0.2) is 46.3 Å². The van der Waals surface area contributed by atoms with Gasteiger partial charge in [0.15, 0.2) is 0 Å². The third-order valence-corrected chi connectivity index (χ3v) is 2.69. The molecule has 0 aliphatic carbocycles. The molecule has 1 aliphatic heterocycles. The van der Waals surface area contributed by atoms with Gasteiger partial charge in [0.25, 0.3) is 0 Å². The zero-order valence-electron chi connectivity index (χ0n) is 8.23. The molecule has 1 aliphatic rings. The summed E-state index contributed by atoms with van der Waals surface area (Å²) in [4.78, 5) is 13.0. The first-order chi connectivity index (χ1) is 6.57. The Hall–Kier alpha value is -1.05. The number of hydrogen-bond donors (Lipinski definition) is 2. The predicted molar refractivity (Wildman–Crippen MR) is 51.2 cm³/mol. The van der Waals surface area contributed by atoms with Crippen molar-refractivity contribution in [1.29, 1.82) is 0 Å². The first kappa shape index (κ1) is 11.0. The molecule has 4 heteroatoms. The Morgan fingerprint density at radius 1 is 1.64 bits per heavy atom. The molecule has 2 N–H and O–H groups in total. The molecule has 1 heterocycles. The minimum atomic E-state index is -0.886. The molecule has 1 fully saturated rings. The Balaban J connectivity index is 2.79. The normalized spacial score (nSPS) is 22.6. The van der Waals surface area contributed by atoms with E-state index >= 15 is 0 Å². The van der Waals surface area contributed by atoms with E-state index in [2.05, 4.69) is 5.92 Å². The number of carbonyl (C=O) groups is 1. The average molecular weight is 197 g/mol. The van der Waals surface area contributed by atoms with Gasteiger partial charge >= 0.3 is 0 Å². The molecule has 1 amide bonds. The van der Waals surface area contributed by atoms with Gasteiger partial charge in [-0.05, 0) is 6.92 Å². The first-order valence-corrected chi connectivity index (χ1v) is 4.55. The predicted octanol–water partition coefficient (Wildman–Crippen LogP) is -0.789. The van der Waals surface area contributed by atoms with Crippen LogP contribution in [0.4, 0.5) is 0 Å². The molecule has 0 saturated carbocycles. The van der Waals surface area contributed by atoms with E-state index in [1.807, 2.05) is 0 Å². The van der Waals surface area contributed by atoms with Crippen molar-refractivity contribution >= 4 is 5.91 Å². The van der Waals surface area contributed by atoms with Crippen molar-refractivity contribution in [3.63, 3.8) is 0 Å². The van der Waals surface area contributed by atoms with Crippen molar-refractivity contribution in [2.75, 3.05) is 19.8 Å². The van der Waals surface area contributed by atoms with Crippen molar-refractivity contribution in [2.24, 2.45) is 5.92 Å². The van der Waals surface area contributed by atoms with Crippen LogP contribution in [0.15, 0.2) is 0 Å². The molecule has 0 aromatic heterocycles. The second-order valence-electron chi connectivity index (χ2n) is 3.89. The van der Waals surface area contributed by atoms with E-state index < -0.39 is 5.54 Å². The molecule has 4 nitrogen and oxygen atoms in total. The summed E-state index contributed by atoms with van der Waals surface area (Å²) < 4.78 is 0. The highest BCUT2D eigenvalue weighted by Gasteiger charge is 2.40. The third-order valence-electron chi connectivity index (χ3n) is 2.69. The highest BCUT2D eigenvalue weighted by atomic mass is 16.3. The lowest BCUT2D eigenvalue weighted by Gasteiger charge is -2.35. The maximum absolute atomic E-state index is 11.5. The van der Waals surface area contributed by atoms with Crippen LogP contribution >= 0.6 is 0 Å². The molecular formula is C10H15NO3. The minimum absolute atomic E-state index is 0.0973. The number of aliphatic hydroxyl groups excluding tert-OH is 2. The van der Waals surface area contributed by atoms with Crippen molar-refractivity contribution in [3.05, 3.63) is 0 Å². The molecule has 78 valence electrons. The fourth-order valence-electron chi connectivity index (χ4n) is 1.56. The molecular weight excluding hydrogens is 182 g/mol. The molecule has 0 aromatic carbocycles. The zero-order chi connectivity index (χ0) is 10.8. The van der Waals surface area contributed by atoms with Gasteiger partial charge < -0.3 is 15.1 Å². The van der Waals surface area contributed by atoms with E-state index in [1.54, 1.807) is 6.92 Å². The monoisotopic (exact) mass is 197 g/mol. The molecule has 1 rings (SSSR count). The lowest BCUT2D eigenvalue weighted by Crippen LogP contribution is -2.52. The van der Waals surface area contributed by atoms with Crippen molar-refractivity contribution in [3.8, 4) is 12.3 Å². The smallest absolute Gasteiger partial charge is 0.224 e. The molecule has 14 heavy (non-hydrogen) atoms. The third kappa shape index (κ3) is 1.74. The summed E-state index contributed by atoms with van der Waals surface area (Å²) in [5, 5.41) is 18.2. The zero-order valence-corrected chi connectivity index (χ0v) is 8.23. The number of nitrogens with zero attached hydrogens (tertiary/aromatic N) is 1. The number of aliphatic hydroxyl groups is 2. The van der Waals surface area contributed by atoms with Crippen LogP contribution in [0, 0.1) is 18.3 Å². The second-order valence-corrected chi connectivity index (χ2v) is 3.89. The van der Waals surface area contributed by atoms with Gasteiger partial charge in [0, 0.05) is 18.9 Å². The van der Waals surface area contributed by atoms with Crippen LogP contribution in [0.25, 0.3) is 0 Å². The summed E-state index contributed by atoms with van der Waals surface area (Å²) in [6.07, 6.45) is 5.54. The van der Waals surface area contributed by atoms with Gasteiger partial charge in [0.05, 0.1) is 18.8 Å². The SMILES string of the molecule is C#CC1CC(=O)N(C(C)(CO)CO)C1. The van der Waals surface area contributed by atoms with Gasteiger partial charge in [0.2, 0.25) is 5.91 Å². The second kappa shape index (κ2) is 3.99. The Labute approximate surface area is 83.5 Å². The van der Waals surface area contributed by atoms with E-state index in [0.29, 0.717) is 13.0 Å². The fourth-order valence-corrected chi connectivity index (χ4v) is 1.56. The fraction of sp³-hybridized carbons (Fsp3) is 0.700. The summed E-state index contributed by atoms with van der Waals surface area (Å²) in [6.45, 7) is 1.55. The molecule has 1 unspecified atom stereocenters. The van der Waals surface area contributed by atoms with Crippen LogP contribution in [-0.2, 0) is 4.79 Å². The molecule has 0 aromatic rings. The van der Waals surface area contributed by atoms with Gasteiger partial charge in [-0.3, -0.25) is 4.79 Å². The van der Waals surface area contributed by atoms with Crippen LogP contribution < -0.4 is 0 Å². The van der Waals surface area contributed by atoms with Gasteiger partial charge in [-0.25, -0.2) is 0 Å². The Morgan fingerprint density at radius 3 is 2.57 bits per heavy atom. The molecule has 0 radical (unpaired) electrons. The van der Waals surface area contributed by atoms with E-state index in [-0.39, 0.29) is 25.0 Å². The summed E-state index contributed by atoms with van der Waals surface area (Å²) in [5.74, 6) is 2.32. The topological polar surface area (TPSA) is 60.8 Å². The number of likely N-dealkylation sites (tertiary alicyclic amines) is 1. The highest BCUT2D eigenvalue weighted by Crippen LogP contribution is 2.25. The van der Waals surface area contributed by atoms with Crippen LogP contribution in [0.3, 0.4) is 0 Å². The summed E-state index contributed by atoms with van der Waals surface area (Å²) in [6, 6.07) is 0. The summed E-state index contributed by atoms with van der Waals surface area (Å²) in [5.41, 5.74) is -0.886. The number of terminal acetylenes is 1. The number of carbonyl (C=O) groups excluding carboxylic acids is 1. The van der Waals surface area contributed by atoms with Gasteiger partial charge in [-0.1, -0.05) is 0 Å². The standard InChI is InChI=1S/C10H15NO3/c1-3-8-4-9(14)11(5-8)10(2,6-12)7-13/h1,8,12-13H,4-7H2,2H3. The van der Waals surface area contributed by atoms with E-state index in [0.717, 1.165) is 0 Å². The van der Waals surface area contributed by atoms with Crippen LogP contribution in [0.2, 0.25) is 0 Å². The van der Waals surface area contributed by atoms with Gasteiger partial charge in [-0.15, -0.1) is 12.3 Å². The number of amides is 1. The maximum Gasteiger partial charge on any atom is 0.224 e. The lowest BCUT2D eigenvalue weighted by atomic mass is 10.0. The van der Waals surface area contributed by atoms with Gasteiger partial charge in [-0.2, -0.15) is 0 Å².